The number of aromatic amines is 1. The first-order chi connectivity index (χ1) is 18.7. The minimum atomic E-state index is -4.62. The van der Waals surface area contributed by atoms with Crippen molar-refractivity contribution < 1.29 is 18.3 Å². The number of rotatable bonds is 7. The molecule has 3 N–H and O–H groups in total. The molecule has 0 spiro atoms. The molecule has 2 saturated carbocycles. The molecule has 39 heavy (non-hydrogen) atoms. The van der Waals surface area contributed by atoms with Crippen molar-refractivity contribution in [2.45, 2.75) is 75.7 Å². The van der Waals surface area contributed by atoms with Gasteiger partial charge in [-0.1, -0.05) is 24.6 Å². The SMILES string of the molecule is CC(NC1CCCC1O)c1nc(C(F)(F)F)cc2c(-c3cccc(C(c4nncn4C)C4CCC4)c3)n[nH]c12. The predicted molar refractivity (Wildman–Crippen MR) is 140 cm³/mol. The van der Waals surface area contributed by atoms with Gasteiger partial charge in [0.2, 0.25) is 0 Å². The molecule has 206 valence electrons. The van der Waals surface area contributed by atoms with E-state index in [4.69, 9.17) is 0 Å². The second kappa shape index (κ2) is 10.0. The third-order valence-corrected chi connectivity index (χ3v) is 8.39. The summed E-state index contributed by atoms with van der Waals surface area (Å²) in [6.45, 7) is 1.78. The molecule has 4 atom stereocenters. The third kappa shape index (κ3) is 4.82. The molecule has 6 rings (SSSR count). The summed E-state index contributed by atoms with van der Waals surface area (Å²) in [5, 5.41) is 29.9. The molecule has 0 saturated heterocycles. The summed E-state index contributed by atoms with van der Waals surface area (Å²) in [5.74, 6) is 1.36. The van der Waals surface area contributed by atoms with Crippen molar-refractivity contribution in [2.75, 3.05) is 0 Å². The Morgan fingerprint density at radius 1 is 1.13 bits per heavy atom. The Hall–Kier alpha value is -3.31. The summed E-state index contributed by atoms with van der Waals surface area (Å²) in [6, 6.07) is 8.22. The number of nitrogens with one attached hydrogen (secondary N) is 2. The molecule has 0 radical (unpaired) electrons. The molecule has 1 aromatic carbocycles. The number of fused-ring (bicyclic) bond motifs is 1. The summed E-state index contributed by atoms with van der Waals surface area (Å²) < 4.78 is 43.9. The van der Waals surface area contributed by atoms with E-state index >= 15 is 0 Å². The Balaban J connectivity index is 1.43. The van der Waals surface area contributed by atoms with Crippen molar-refractivity contribution >= 4 is 10.9 Å². The van der Waals surface area contributed by atoms with Gasteiger partial charge in [0.05, 0.1) is 17.3 Å². The second-order valence-electron chi connectivity index (χ2n) is 11.0. The predicted octanol–water partition coefficient (Wildman–Crippen LogP) is 5.27. The number of hydrogen-bond acceptors (Lipinski definition) is 6. The molecule has 3 heterocycles. The van der Waals surface area contributed by atoms with Gasteiger partial charge in [-0.05, 0) is 62.6 Å². The molecular weight excluding hydrogens is 507 g/mol. The van der Waals surface area contributed by atoms with E-state index in [2.05, 4.69) is 30.7 Å². The van der Waals surface area contributed by atoms with E-state index in [0.717, 1.165) is 48.7 Å². The normalized spacial score (nSPS) is 21.8. The number of aromatic nitrogens is 6. The molecule has 3 aromatic heterocycles. The third-order valence-electron chi connectivity index (χ3n) is 8.39. The highest BCUT2D eigenvalue weighted by Crippen LogP contribution is 2.44. The molecule has 2 aliphatic carbocycles. The van der Waals surface area contributed by atoms with Gasteiger partial charge in [-0.2, -0.15) is 18.3 Å². The number of pyridine rings is 1. The number of H-pyrrole nitrogens is 1. The Labute approximate surface area is 224 Å². The Bertz CT molecular complexity index is 1480. The van der Waals surface area contributed by atoms with Crippen LogP contribution in [-0.2, 0) is 13.2 Å². The standard InChI is InChI=1S/C28H32F3N7O/c1-15(33-20-10-5-11-21(20)39)24-26-19(13-22(34-24)28(29,30)31)25(35-36-26)18-9-4-8-17(12-18)23(16-6-3-7-16)27-37-32-14-38(27)2/h4,8-9,12-16,20-21,23,33,39H,3,5-7,10-11H2,1-2H3,(H,35,36). The van der Waals surface area contributed by atoms with Crippen LogP contribution in [0.25, 0.3) is 22.2 Å². The highest BCUT2D eigenvalue weighted by atomic mass is 19.4. The number of aryl methyl sites for hydroxylation is 1. The van der Waals surface area contributed by atoms with Gasteiger partial charge >= 0.3 is 6.18 Å². The Morgan fingerprint density at radius 2 is 1.92 bits per heavy atom. The highest BCUT2D eigenvalue weighted by Gasteiger charge is 2.36. The zero-order valence-electron chi connectivity index (χ0n) is 21.9. The molecule has 0 bridgehead atoms. The van der Waals surface area contributed by atoms with Crippen LogP contribution in [0.5, 0.6) is 0 Å². The molecule has 0 amide bonds. The number of halogens is 3. The van der Waals surface area contributed by atoms with Gasteiger partial charge in [0.15, 0.2) is 0 Å². The lowest BCUT2D eigenvalue weighted by Crippen LogP contribution is -2.37. The summed E-state index contributed by atoms with van der Waals surface area (Å²) in [4.78, 5) is 4.02. The number of nitrogens with zero attached hydrogens (tertiary/aromatic N) is 5. The van der Waals surface area contributed by atoms with E-state index in [-0.39, 0.29) is 17.7 Å². The van der Waals surface area contributed by atoms with Crippen LogP contribution in [0.1, 0.15) is 80.2 Å². The summed E-state index contributed by atoms with van der Waals surface area (Å²) in [7, 11) is 1.93. The van der Waals surface area contributed by atoms with Crippen LogP contribution in [0.2, 0.25) is 0 Å². The Kier molecular flexibility index (Phi) is 6.66. The van der Waals surface area contributed by atoms with Crippen molar-refractivity contribution in [2.24, 2.45) is 13.0 Å². The molecule has 8 nitrogen and oxygen atoms in total. The van der Waals surface area contributed by atoms with E-state index in [1.165, 1.54) is 6.42 Å². The number of aliphatic hydroxyl groups excluding tert-OH is 1. The molecule has 4 unspecified atom stereocenters. The summed E-state index contributed by atoms with van der Waals surface area (Å²) in [6.07, 6.45) is 2.23. The van der Waals surface area contributed by atoms with Gasteiger partial charge in [-0.25, -0.2) is 4.98 Å². The molecular formula is C28H32F3N7O. The minimum Gasteiger partial charge on any atom is -0.392 e. The van der Waals surface area contributed by atoms with Crippen molar-refractivity contribution in [3.8, 4) is 11.3 Å². The van der Waals surface area contributed by atoms with Crippen molar-refractivity contribution in [1.29, 1.82) is 0 Å². The first-order valence-electron chi connectivity index (χ1n) is 13.5. The van der Waals surface area contributed by atoms with Crippen LogP contribution in [-0.4, -0.2) is 47.2 Å². The van der Waals surface area contributed by atoms with E-state index in [0.29, 0.717) is 28.9 Å². The molecule has 11 heteroatoms. The first-order valence-corrected chi connectivity index (χ1v) is 13.5. The van der Waals surface area contributed by atoms with Crippen LogP contribution in [0.3, 0.4) is 0 Å². The quantitative estimate of drug-likeness (QED) is 0.296. The van der Waals surface area contributed by atoms with E-state index in [9.17, 15) is 18.3 Å². The van der Waals surface area contributed by atoms with Gasteiger partial charge in [0.1, 0.15) is 23.5 Å². The highest BCUT2D eigenvalue weighted by molar-refractivity contribution is 5.94. The monoisotopic (exact) mass is 539 g/mol. The fraction of sp³-hybridized carbons (Fsp3) is 0.500. The van der Waals surface area contributed by atoms with Gasteiger partial charge in [0, 0.05) is 36.0 Å². The number of alkyl halides is 3. The van der Waals surface area contributed by atoms with Gasteiger partial charge in [-0.15, -0.1) is 10.2 Å². The fourth-order valence-corrected chi connectivity index (χ4v) is 6.11. The fourth-order valence-electron chi connectivity index (χ4n) is 6.11. The van der Waals surface area contributed by atoms with Crippen molar-refractivity contribution in [1.82, 2.24) is 35.3 Å². The zero-order chi connectivity index (χ0) is 27.3. The maximum atomic E-state index is 14.0. The van der Waals surface area contributed by atoms with E-state index < -0.39 is 24.0 Å². The van der Waals surface area contributed by atoms with E-state index in [1.807, 2.05) is 35.9 Å². The van der Waals surface area contributed by atoms with E-state index in [1.54, 1.807) is 13.3 Å². The van der Waals surface area contributed by atoms with Crippen molar-refractivity contribution in [3.05, 3.63) is 59.4 Å². The second-order valence-corrected chi connectivity index (χ2v) is 11.0. The van der Waals surface area contributed by atoms with Crippen LogP contribution in [0.15, 0.2) is 36.7 Å². The number of hydrogen-bond donors (Lipinski definition) is 3. The lowest BCUT2D eigenvalue weighted by molar-refractivity contribution is -0.141. The minimum absolute atomic E-state index is 0.0430. The molecule has 2 fully saturated rings. The lowest BCUT2D eigenvalue weighted by Gasteiger charge is -2.33. The van der Waals surface area contributed by atoms with Crippen molar-refractivity contribution in [3.63, 3.8) is 0 Å². The molecule has 2 aliphatic rings. The average molecular weight is 540 g/mol. The van der Waals surface area contributed by atoms with Gasteiger partial charge in [0.25, 0.3) is 0 Å². The maximum absolute atomic E-state index is 14.0. The summed E-state index contributed by atoms with van der Waals surface area (Å²) in [5.41, 5.74) is 1.94. The first kappa shape index (κ1) is 25.9. The lowest BCUT2D eigenvalue weighted by atomic mass is 9.72. The zero-order valence-corrected chi connectivity index (χ0v) is 21.9. The van der Waals surface area contributed by atoms with Gasteiger partial charge in [-0.3, -0.25) is 5.10 Å². The van der Waals surface area contributed by atoms with Crippen LogP contribution in [0.4, 0.5) is 13.2 Å². The topological polar surface area (TPSA) is 105 Å². The number of aliphatic hydroxyl groups is 1. The largest absolute Gasteiger partial charge is 0.433 e. The Morgan fingerprint density at radius 3 is 2.56 bits per heavy atom. The summed E-state index contributed by atoms with van der Waals surface area (Å²) >= 11 is 0. The number of benzene rings is 1. The molecule has 4 aromatic rings. The molecule has 0 aliphatic heterocycles. The maximum Gasteiger partial charge on any atom is 0.433 e. The smallest absolute Gasteiger partial charge is 0.392 e. The van der Waals surface area contributed by atoms with Crippen LogP contribution >= 0.6 is 0 Å². The van der Waals surface area contributed by atoms with Crippen LogP contribution in [0, 0.1) is 5.92 Å². The van der Waals surface area contributed by atoms with Crippen LogP contribution < -0.4 is 5.32 Å². The van der Waals surface area contributed by atoms with Gasteiger partial charge < -0.3 is 15.0 Å². The average Bonchev–Trinajstić information content (AvgIpc) is 3.60.